The topological polar surface area (TPSA) is 34.1 Å². The first-order chi connectivity index (χ1) is 8.49. The molecular formula is C15H26N2O. The zero-order chi connectivity index (χ0) is 13.7. The highest BCUT2D eigenvalue weighted by Crippen LogP contribution is 2.21. The van der Waals surface area contributed by atoms with Crippen LogP contribution >= 0.6 is 0 Å². The van der Waals surface area contributed by atoms with Crippen LogP contribution in [0.4, 0.5) is 0 Å². The van der Waals surface area contributed by atoms with Gasteiger partial charge in [-0.3, -0.25) is 4.98 Å². The number of nitrogens with one attached hydrogen (secondary N) is 1. The van der Waals surface area contributed by atoms with Crippen LogP contribution in [0.5, 0.6) is 0 Å². The lowest BCUT2D eigenvalue weighted by Crippen LogP contribution is -2.35. The van der Waals surface area contributed by atoms with Gasteiger partial charge in [0.05, 0.1) is 6.61 Å². The van der Waals surface area contributed by atoms with Gasteiger partial charge in [0.15, 0.2) is 0 Å². The van der Waals surface area contributed by atoms with Gasteiger partial charge in [0.25, 0.3) is 0 Å². The normalized spacial score (nSPS) is 14.6. The van der Waals surface area contributed by atoms with Crippen LogP contribution in [0.1, 0.15) is 48.8 Å². The van der Waals surface area contributed by atoms with E-state index in [2.05, 4.69) is 44.1 Å². The fourth-order valence-electron chi connectivity index (χ4n) is 2.61. The molecule has 102 valence electrons. The van der Waals surface area contributed by atoms with Crippen molar-refractivity contribution in [2.75, 3.05) is 13.7 Å². The average molecular weight is 250 g/mol. The molecule has 1 heterocycles. The van der Waals surface area contributed by atoms with Gasteiger partial charge in [-0.2, -0.15) is 0 Å². The lowest BCUT2D eigenvalue weighted by molar-refractivity contribution is 0.159. The highest BCUT2D eigenvalue weighted by atomic mass is 16.5. The molecule has 1 N–H and O–H groups in total. The molecule has 2 atom stereocenters. The summed E-state index contributed by atoms with van der Waals surface area (Å²) in [6.45, 7) is 11.4. The zero-order valence-electron chi connectivity index (χ0n) is 12.5. The third-order valence-corrected chi connectivity index (χ3v) is 3.36. The van der Waals surface area contributed by atoms with Gasteiger partial charge in [0.2, 0.25) is 0 Å². The molecule has 0 fully saturated rings. The molecule has 0 bridgehead atoms. The molecule has 2 unspecified atom stereocenters. The van der Waals surface area contributed by atoms with Crippen molar-refractivity contribution in [2.45, 2.75) is 53.1 Å². The molecule has 3 nitrogen and oxygen atoms in total. The van der Waals surface area contributed by atoms with E-state index in [9.17, 15) is 0 Å². The highest BCUT2D eigenvalue weighted by molar-refractivity contribution is 5.33. The van der Waals surface area contributed by atoms with E-state index in [4.69, 9.17) is 4.74 Å². The van der Waals surface area contributed by atoms with Gasteiger partial charge < -0.3 is 10.1 Å². The van der Waals surface area contributed by atoms with Gasteiger partial charge in [-0.25, -0.2) is 0 Å². The first-order valence-electron chi connectivity index (χ1n) is 6.69. The molecule has 18 heavy (non-hydrogen) atoms. The Morgan fingerprint density at radius 2 is 2.00 bits per heavy atom. The lowest BCUT2D eigenvalue weighted by atomic mass is 9.99. The Hall–Kier alpha value is -0.930. The molecule has 1 aromatic rings. The second-order valence-electron chi connectivity index (χ2n) is 5.03. The average Bonchev–Trinajstić information content (AvgIpc) is 2.26. The quantitative estimate of drug-likeness (QED) is 0.842. The van der Waals surface area contributed by atoms with Crippen molar-refractivity contribution in [3.05, 3.63) is 28.6 Å². The number of methoxy groups -OCH3 is 1. The standard InChI is InChI=1S/C15H26N2O/c1-7-14(9-18-6)17-13(5)15-10(2)8-11(3)16-12(15)4/h8,13-14,17H,7,9H2,1-6H3. The number of aromatic nitrogens is 1. The predicted molar refractivity (Wildman–Crippen MR) is 76.0 cm³/mol. The third kappa shape index (κ3) is 3.79. The lowest BCUT2D eigenvalue weighted by Gasteiger charge is -2.24. The van der Waals surface area contributed by atoms with Crippen molar-refractivity contribution in [1.29, 1.82) is 0 Å². The van der Waals surface area contributed by atoms with E-state index in [-0.39, 0.29) is 0 Å². The maximum Gasteiger partial charge on any atom is 0.0615 e. The third-order valence-electron chi connectivity index (χ3n) is 3.36. The second-order valence-corrected chi connectivity index (χ2v) is 5.03. The Balaban J connectivity index is 2.86. The first kappa shape index (κ1) is 15.1. The molecule has 0 amide bonds. The molecule has 0 saturated carbocycles. The Morgan fingerprint density at radius 3 is 2.50 bits per heavy atom. The number of nitrogens with zero attached hydrogens (tertiary/aromatic N) is 1. The molecule has 3 heteroatoms. The SMILES string of the molecule is CCC(COC)NC(C)c1c(C)cc(C)nc1C. The Morgan fingerprint density at radius 1 is 1.33 bits per heavy atom. The van der Waals surface area contributed by atoms with Crippen molar-refractivity contribution in [1.82, 2.24) is 10.3 Å². The minimum atomic E-state index is 0.304. The van der Waals surface area contributed by atoms with Crippen molar-refractivity contribution in [3.63, 3.8) is 0 Å². The number of ether oxygens (including phenoxy) is 1. The summed E-state index contributed by atoms with van der Waals surface area (Å²) < 4.78 is 5.23. The van der Waals surface area contributed by atoms with Gasteiger partial charge in [-0.1, -0.05) is 6.92 Å². The maximum atomic E-state index is 5.23. The van der Waals surface area contributed by atoms with Crippen LogP contribution in [0.2, 0.25) is 0 Å². The molecule has 0 saturated heterocycles. The van der Waals surface area contributed by atoms with Crippen molar-refractivity contribution < 1.29 is 4.74 Å². The van der Waals surface area contributed by atoms with E-state index in [1.165, 1.54) is 11.1 Å². The van der Waals surface area contributed by atoms with Crippen LogP contribution in [0, 0.1) is 20.8 Å². The van der Waals surface area contributed by atoms with Crippen molar-refractivity contribution >= 4 is 0 Å². The largest absolute Gasteiger partial charge is 0.383 e. The van der Waals surface area contributed by atoms with E-state index >= 15 is 0 Å². The fourth-order valence-corrected chi connectivity index (χ4v) is 2.61. The Labute approximate surface area is 111 Å². The van der Waals surface area contributed by atoms with Gasteiger partial charge >= 0.3 is 0 Å². The van der Waals surface area contributed by atoms with Gasteiger partial charge in [0.1, 0.15) is 0 Å². The summed E-state index contributed by atoms with van der Waals surface area (Å²) >= 11 is 0. The smallest absolute Gasteiger partial charge is 0.0615 e. The summed E-state index contributed by atoms with van der Waals surface area (Å²) in [5, 5.41) is 3.62. The molecule has 0 aliphatic carbocycles. The minimum absolute atomic E-state index is 0.304. The molecule has 0 spiro atoms. The molecule has 0 aliphatic heterocycles. The van der Waals surface area contributed by atoms with Crippen molar-refractivity contribution in [2.24, 2.45) is 0 Å². The number of aryl methyl sites for hydroxylation is 3. The van der Waals surface area contributed by atoms with E-state index in [1.807, 2.05) is 6.92 Å². The molecule has 0 aromatic carbocycles. The molecular weight excluding hydrogens is 224 g/mol. The highest BCUT2D eigenvalue weighted by Gasteiger charge is 2.16. The number of hydrogen-bond donors (Lipinski definition) is 1. The number of rotatable bonds is 6. The van der Waals surface area contributed by atoms with E-state index < -0.39 is 0 Å². The second kappa shape index (κ2) is 6.86. The minimum Gasteiger partial charge on any atom is -0.383 e. The van der Waals surface area contributed by atoms with Crippen LogP contribution in [0.25, 0.3) is 0 Å². The monoisotopic (exact) mass is 250 g/mol. The van der Waals surface area contributed by atoms with Gasteiger partial charge in [-0.05, 0) is 51.3 Å². The van der Waals surface area contributed by atoms with E-state index in [0.717, 1.165) is 24.4 Å². The van der Waals surface area contributed by atoms with E-state index in [0.29, 0.717) is 12.1 Å². The van der Waals surface area contributed by atoms with Crippen LogP contribution in [0.15, 0.2) is 6.07 Å². The zero-order valence-corrected chi connectivity index (χ0v) is 12.5. The molecule has 1 rings (SSSR count). The summed E-state index contributed by atoms with van der Waals surface area (Å²) in [4.78, 5) is 4.56. The predicted octanol–water partition coefficient (Wildman–Crippen LogP) is 3.08. The van der Waals surface area contributed by atoms with Gasteiger partial charge in [-0.15, -0.1) is 0 Å². The van der Waals surface area contributed by atoms with Gasteiger partial charge in [0, 0.05) is 30.6 Å². The number of hydrogen-bond acceptors (Lipinski definition) is 3. The van der Waals surface area contributed by atoms with E-state index in [1.54, 1.807) is 7.11 Å². The molecule has 1 aromatic heterocycles. The maximum absolute atomic E-state index is 5.23. The Kier molecular flexibility index (Phi) is 5.76. The van der Waals surface area contributed by atoms with Crippen molar-refractivity contribution in [3.8, 4) is 0 Å². The fraction of sp³-hybridized carbons (Fsp3) is 0.667. The summed E-state index contributed by atoms with van der Waals surface area (Å²) in [5.41, 5.74) is 4.84. The van der Waals surface area contributed by atoms with Crippen LogP contribution in [-0.4, -0.2) is 24.7 Å². The number of pyridine rings is 1. The summed E-state index contributed by atoms with van der Waals surface area (Å²) in [5.74, 6) is 0. The summed E-state index contributed by atoms with van der Waals surface area (Å²) in [7, 11) is 1.75. The molecule has 0 aliphatic rings. The first-order valence-corrected chi connectivity index (χ1v) is 6.69. The Bertz CT molecular complexity index is 367. The summed E-state index contributed by atoms with van der Waals surface area (Å²) in [6, 6.07) is 2.85. The van der Waals surface area contributed by atoms with Crippen LogP contribution in [0.3, 0.4) is 0 Å². The van der Waals surface area contributed by atoms with Crippen LogP contribution in [-0.2, 0) is 4.74 Å². The van der Waals surface area contributed by atoms with Crippen LogP contribution < -0.4 is 5.32 Å². The molecule has 0 radical (unpaired) electrons. The summed E-state index contributed by atoms with van der Waals surface area (Å²) in [6.07, 6.45) is 1.07.